The van der Waals surface area contributed by atoms with Crippen molar-refractivity contribution in [2.45, 2.75) is 17.4 Å². The number of carbonyl (C=O) groups is 1. The smallest absolute Gasteiger partial charge is 0.238 e. The van der Waals surface area contributed by atoms with E-state index >= 15 is 0 Å². The molecule has 7 nitrogen and oxygen atoms in total. The third kappa shape index (κ3) is 4.24. The lowest BCUT2D eigenvalue weighted by Crippen LogP contribution is -2.41. The minimum Gasteiger partial charge on any atom is -0.379 e. The number of rotatable bonds is 5. The Bertz CT molecular complexity index is 600. The Morgan fingerprint density at radius 2 is 1.95 bits per heavy atom. The van der Waals surface area contributed by atoms with Crippen LogP contribution in [0, 0.1) is 5.92 Å². The van der Waals surface area contributed by atoms with Crippen molar-refractivity contribution in [1.82, 2.24) is 5.32 Å². The number of nitrogens with one attached hydrogen (secondary N) is 1. The van der Waals surface area contributed by atoms with Gasteiger partial charge in [-0.25, -0.2) is 13.6 Å². The summed E-state index contributed by atoms with van der Waals surface area (Å²) < 4.78 is 27.4. The maximum absolute atomic E-state index is 11.9. The number of primary sulfonamides is 1. The maximum Gasteiger partial charge on any atom is 0.238 e. The van der Waals surface area contributed by atoms with E-state index in [1.807, 2.05) is 0 Å². The van der Waals surface area contributed by atoms with Gasteiger partial charge in [0.2, 0.25) is 15.9 Å². The zero-order valence-electron chi connectivity index (χ0n) is 11.5. The van der Waals surface area contributed by atoms with Gasteiger partial charge in [0.25, 0.3) is 0 Å². The zero-order chi connectivity index (χ0) is 15.5. The van der Waals surface area contributed by atoms with Crippen LogP contribution in [0.1, 0.15) is 5.56 Å². The van der Waals surface area contributed by atoms with Gasteiger partial charge in [-0.2, -0.15) is 0 Å². The Kier molecular flexibility index (Phi) is 4.94. The third-order valence-corrected chi connectivity index (χ3v) is 4.36. The fourth-order valence-electron chi connectivity index (χ4n) is 2.15. The van der Waals surface area contributed by atoms with Crippen molar-refractivity contribution in [2.24, 2.45) is 16.8 Å². The number of ether oxygens (including phenoxy) is 1. The molecule has 1 amide bonds. The molecule has 1 saturated heterocycles. The maximum atomic E-state index is 11.9. The molecule has 1 aliphatic heterocycles. The predicted octanol–water partition coefficient (Wildman–Crippen LogP) is -1.03. The van der Waals surface area contributed by atoms with Crippen LogP contribution in [0.4, 0.5) is 0 Å². The molecule has 0 saturated carbocycles. The zero-order valence-corrected chi connectivity index (χ0v) is 12.3. The number of sulfonamides is 1. The molecule has 2 unspecified atom stereocenters. The van der Waals surface area contributed by atoms with E-state index in [2.05, 4.69) is 5.32 Å². The van der Waals surface area contributed by atoms with Crippen LogP contribution in [0.15, 0.2) is 29.2 Å². The van der Waals surface area contributed by atoms with Gasteiger partial charge in [0, 0.05) is 12.6 Å². The van der Waals surface area contributed by atoms with E-state index in [4.69, 9.17) is 15.6 Å². The second kappa shape index (κ2) is 6.52. The van der Waals surface area contributed by atoms with E-state index in [1.165, 1.54) is 12.1 Å². The van der Waals surface area contributed by atoms with Crippen LogP contribution in [-0.4, -0.2) is 40.1 Å². The van der Waals surface area contributed by atoms with Crippen LogP contribution in [0.2, 0.25) is 0 Å². The quantitative estimate of drug-likeness (QED) is 0.641. The number of hydrogen-bond donors (Lipinski definition) is 3. The molecule has 1 aromatic carbocycles. The molecule has 2 atom stereocenters. The molecule has 0 aromatic heterocycles. The summed E-state index contributed by atoms with van der Waals surface area (Å²) in [6, 6.07) is 6.01. The standard InChI is InChI=1S/C13H19N3O4S/c14-12-8-20-7-11(12)13(17)16-6-5-9-1-3-10(4-2-9)21(15,18)19/h1-4,11-12H,5-8,14H2,(H,16,17)(H2,15,18,19). The summed E-state index contributed by atoms with van der Waals surface area (Å²) in [5, 5.41) is 7.83. The molecule has 1 aliphatic rings. The molecule has 5 N–H and O–H groups in total. The van der Waals surface area contributed by atoms with Crippen LogP contribution >= 0.6 is 0 Å². The Balaban J connectivity index is 1.82. The van der Waals surface area contributed by atoms with Gasteiger partial charge in [-0.1, -0.05) is 12.1 Å². The lowest BCUT2D eigenvalue weighted by molar-refractivity contribution is -0.125. The van der Waals surface area contributed by atoms with Crippen molar-refractivity contribution in [3.05, 3.63) is 29.8 Å². The fraction of sp³-hybridized carbons (Fsp3) is 0.462. The molecule has 2 rings (SSSR count). The molecule has 1 fully saturated rings. The van der Waals surface area contributed by atoms with Crippen molar-refractivity contribution in [1.29, 1.82) is 0 Å². The Hall–Kier alpha value is -1.48. The van der Waals surface area contributed by atoms with E-state index in [-0.39, 0.29) is 22.8 Å². The molecular formula is C13H19N3O4S. The van der Waals surface area contributed by atoms with Crippen LogP contribution < -0.4 is 16.2 Å². The lowest BCUT2D eigenvalue weighted by Gasteiger charge is -2.13. The van der Waals surface area contributed by atoms with Gasteiger partial charge in [0.15, 0.2) is 0 Å². The summed E-state index contributed by atoms with van der Waals surface area (Å²) in [7, 11) is -3.67. The number of nitrogens with two attached hydrogens (primary N) is 2. The van der Waals surface area contributed by atoms with Gasteiger partial charge < -0.3 is 15.8 Å². The number of carbonyl (C=O) groups excluding carboxylic acids is 1. The molecule has 0 aliphatic carbocycles. The lowest BCUT2D eigenvalue weighted by atomic mass is 10.0. The highest BCUT2D eigenvalue weighted by Gasteiger charge is 2.30. The molecule has 116 valence electrons. The highest BCUT2D eigenvalue weighted by atomic mass is 32.2. The molecule has 1 aromatic rings. The molecule has 8 heteroatoms. The predicted molar refractivity (Wildman–Crippen MR) is 76.8 cm³/mol. The number of amides is 1. The largest absolute Gasteiger partial charge is 0.379 e. The van der Waals surface area contributed by atoms with Crippen molar-refractivity contribution in [3.8, 4) is 0 Å². The number of hydrogen-bond acceptors (Lipinski definition) is 5. The topological polar surface area (TPSA) is 125 Å². The Morgan fingerprint density at radius 1 is 1.29 bits per heavy atom. The average Bonchev–Trinajstić information content (AvgIpc) is 2.84. The summed E-state index contributed by atoms with van der Waals surface area (Å²) in [4.78, 5) is 11.9. The highest BCUT2D eigenvalue weighted by molar-refractivity contribution is 7.89. The summed E-state index contributed by atoms with van der Waals surface area (Å²) in [6.45, 7) is 1.22. The highest BCUT2D eigenvalue weighted by Crippen LogP contribution is 2.12. The van der Waals surface area contributed by atoms with Crippen molar-refractivity contribution < 1.29 is 17.9 Å². The first-order chi connectivity index (χ1) is 9.88. The van der Waals surface area contributed by atoms with Crippen LogP contribution in [0.25, 0.3) is 0 Å². The Labute approximate surface area is 123 Å². The molecule has 0 bridgehead atoms. The van der Waals surface area contributed by atoms with Gasteiger partial charge in [-0.3, -0.25) is 4.79 Å². The number of benzene rings is 1. The molecular weight excluding hydrogens is 294 g/mol. The van der Waals surface area contributed by atoms with Crippen molar-refractivity contribution >= 4 is 15.9 Å². The van der Waals surface area contributed by atoms with E-state index < -0.39 is 10.0 Å². The summed E-state index contributed by atoms with van der Waals surface area (Å²) in [5.74, 6) is -0.407. The summed E-state index contributed by atoms with van der Waals surface area (Å²) in [6.07, 6.45) is 0.597. The normalized spacial score (nSPS) is 22.2. The monoisotopic (exact) mass is 313 g/mol. The van der Waals surface area contributed by atoms with Gasteiger partial charge in [0.1, 0.15) is 0 Å². The van der Waals surface area contributed by atoms with Crippen molar-refractivity contribution in [2.75, 3.05) is 19.8 Å². The average molecular weight is 313 g/mol. The van der Waals surface area contributed by atoms with Crippen LogP contribution in [0.5, 0.6) is 0 Å². The fourth-order valence-corrected chi connectivity index (χ4v) is 2.66. The first kappa shape index (κ1) is 15.9. The molecule has 0 radical (unpaired) electrons. The molecule has 1 heterocycles. The SMILES string of the molecule is NC1COCC1C(=O)NCCc1ccc(S(N)(=O)=O)cc1. The summed E-state index contributed by atoms with van der Waals surface area (Å²) in [5.41, 5.74) is 6.68. The van der Waals surface area contributed by atoms with E-state index in [0.29, 0.717) is 26.2 Å². The van der Waals surface area contributed by atoms with E-state index in [1.54, 1.807) is 12.1 Å². The Morgan fingerprint density at radius 3 is 2.48 bits per heavy atom. The first-order valence-electron chi connectivity index (χ1n) is 6.60. The van der Waals surface area contributed by atoms with Crippen LogP contribution in [-0.2, 0) is 26.0 Å². The molecule has 21 heavy (non-hydrogen) atoms. The summed E-state index contributed by atoms with van der Waals surface area (Å²) >= 11 is 0. The second-order valence-electron chi connectivity index (χ2n) is 5.04. The van der Waals surface area contributed by atoms with Gasteiger partial charge in [0.05, 0.1) is 24.0 Å². The van der Waals surface area contributed by atoms with Crippen molar-refractivity contribution in [3.63, 3.8) is 0 Å². The minimum atomic E-state index is -3.67. The van der Waals surface area contributed by atoms with Gasteiger partial charge in [-0.15, -0.1) is 0 Å². The first-order valence-corrected chi connectivity index (χ1v) is 8.15. The van der Waals surface area contributed by atoms with Gasteiger partial charge in [-0.05, 0) is 24.1 Å². The minimum absolute atomic E-state index is 0.0735. The van der Waals surface area contributed by atoms with Gasteiger partial charge >= 0.3 is 0 Å². The second-order valence-corrected chi connectivity index (χ2v) is 6.60. The molecule has 0 spiro atoms. The van der Waals surface area contributed by atoms with E-state index in [0.717, 1.165) is 5.56 Å². The van der Waals surface area contributed by atoms with Crippen LogP contribution in [0.3, 0.4) is 0 Å². The van der Waals surface area contributed by atoms with E-state index in [9.17, 15) is 13.2 Å². The third-order valence-electron chi connectivity index (χ3n) is 3.43.